The maximum atomic E-state index is 12.3. The summed E-state index contributed by atoms with van der Waals surface area (Å²) in [4.78, 5) is 10.9. The highest BCUT2D eigenvalue weighted by atomic mass is 32.2. The zero-order valence-corrected chi connectivity index (χ0v) is 11.3. The highest BCUT2D eigenvalue weighted by molar-refractivity contribution is 7.89. The normalized spacial score (nSPS) is 18.4. The summed E-state index contributed by atoms with van der Waals surface area (Å²) in [5.74, 6) is -1.10. The third-order valence-corrected chi connectivity index (χ3v) is 5.67. The van der Waals surface area contributed by atoms with Crippen LogP contribution < -0.4 is 5.32 Å². The summed E-state index contributed by atoms with van der Waals surface area (Å²) in [6.07, 6.45) is 0.759. The molecule has 1 fully saturated rings. The Bertz CT molecular complexity index is 530. The van der Waals surface area contributed by atoms with Gasteiger partial charge < -0.3 is 10.4 Å². The van der Waals surface area contributed by atoms with Crippen LogP contribution in [0.3, 0.4) is 0 Å². The standard InChI is InChI=1S/C10H14N2O4S2/c13-10(14)9-6-8(7-17-9)18(15,16)12-4-1-2-11-3-5-12/h6-7,11H,1-5H2,(H,13,14). The van der Waals surface area contributed by atoms with Gasteiger partial charge in [-0.1, -0.05) is 0 Å². The molecule has 1 saturated heterocycles. The zero-order valence-electron chi connectivity index (χ0n) is 9.63. The average Bonchev–Trinajstić information content (AvgIpc) is 2.66. The van der Waals surface area contributed by atoms with Crippen molar-refractivity contribution in [1.82, 2.24) is 9.62 Å². The van der Waals surface area contributed by atoms with Crippen LogP contribution in [-0.2, 0) is 10.0 Å². The molecular weight excluding hydrogens is 276 g/mol. The molecule has 100 valence electrons. The second kappa shape index (κ2) is 5.35. The SMILES string of the molecule is O=C(O)c1cc(S(=O)(=O)N2CCCNCC2)cs1. The number of hydrogen-bond donors (Lipinski definition) is 2. The molecule has 2 rings (SSSR count). The van der Waals surface area contributed by atoms with Crippen LogP contribution in [-0.4, -0.2) is 50.0 Å². The first-order valence-corrected chi connectivity index (χ1v) is 7.86. The van der Waals surface area contributed by atoms with Crippen molar-refractivity contribution in [2.45, 2.75) is 11.3 Å². The molecule has 8 heteroatoms. The molecule has 6 nitrogen and oxygen atoms in total. The van der Waals surface area contributed by atoms with Crippen molar-refractivity contribution >= 4 is 27.3 Å². The van der Waals surface area contributed by atoms with Crippen molar-refractivity contribution in [2.24, 2.45) is 0 Å². The number of carboxylic acid groups (broad SMARTS) is 1. The molecule has 0 aliphatic carbocycles. The Hall–Kier alpha value is -0.960. The van der Waals surface area contributed by atoms with Crippen LogP contribution in [0.1, 0.15) is 16.1 Å². The number of nitrogens with zero attached hydrogens (tertiary/aromatic N) is 1. The Morgan fingerprint density at radius 3 is 2.83 bits per heavy atom. The van der Waals surface area contributed by atoms with E-state index in [2.05, 4.69) is 5.32 Å². The summed E-state index contributed by atoms with van der Waals surface area (Å²) in [5.41, 5.74) is 0. The average molecular weight is 290 g/mol. The molecular formula is C10H14N2O4S2. The fraction of sp³-hybridized carbons (Fsp3) is 0.500. The minimum Gasteiger partial charge on any atom is -0.477 e. The molecule has 18 heavy (non-hydrogen) atoms. The number of thiophene rings is 1. The van der Waals surface area contributed by atoms with Crippen LogP contribution in [0.2, 0.25) is 0 Å². The highest BCUT2D eigenvalue weighted by Crippen LogP contribution is 2.23. The first-order chi connectivity index (χ1) is 8.51. The second-order valence-corrected chi connectivity index (χ2v) is 6.81. The number of carboxylic acids is 1. The summed E-state index contributed by atoms with van der Waals surface area (Å²) >= 11 is 0.933. The van der Waals surface area contributed by atoms with Gasteiger partial charge in [-0.15, -0.1) is 11.3 Å². The van der Waals surface area contributed by atoms with E-state index in [1.807, 2.05) is 0 Å². The molecule has 0 aromatic carbocycles. The van der Waals surface area contributed by atoms with Gasteiger partial charge in [0.1, 0.15) is 4.88 Å². The van der Waals surface area contributed by atoms with E-state index < -0.39 is 16.0 Å². The predicted octanol–water partition coefficient (Wildman–Crippen LogP) is 0.430. The largest absolute Gasteiger partial charge is 0.477 e. The number of nitrogens with one attached hydrogen (secondary N) is 1. The summed E-state index contributed by atoms with van der Waals surface area (Å²) in [5, 5.41) is 13.3. The van der Waals surface area contributed by atoms with Gasteiger partial charge in [0.05, 0.1) is 4.90 Å². The minimum absolute atomic E-state index is 0.0431. The van der Waals surface area contributed by atoms with Gasteiger partial charge in [-0.25, -0.2) is 13.2 Å². The Kier molecular flexibility index (Phi) is 4.00. The van der Waals surface area contributed by atoms with Gasteiger partial charge >= 0.3 is 5.97 Å². The number of rotatable bonds is 3. The second-order valence-electron chi connectivity index (χ2n) is 3.96. The van der Waals surface area contributed by atoms with Gasteiger partial charge in [-0.05, 0) is 19.0 Å². The van der Waals surface area contributed by atoms with Gasteiger partial charge in [0.15, 0.2) is 0 Å². The lowest BCUT2D eigenvalue weighted by atomic mass is 10.4. The molecule has 1 aromatic rings. The highest BCUT2D eigenvalue weighted by Gasteiger charge is 2.26. The van der Waals surface area contributed by atoms with Gasteiger partial charge in [0.2, 0.25) is 10.0 Å². The third kappa shape index (κ3) is 2.72. The molecule has 2 N–H and O–H groups in total. The molecule has 0 atom stereocenters. The fourth-order valence-corrected chi connectivity index (χ4v) is 4.35. The Morgan fingerprint density at radius 2 is 2.17 bits per heavy atom. The van der Waals surface area contributed by atoms with E-state index in [0.29, 0.717) is 19.6 Å². The number of hydrogen-bond acceptors (Lipinski definition) is 5. The van der Waals surface area contributed by atoms with Crippen molar-refractivity contribution < 1.29 is 18.3 Å². The van der Waals surface area contributed by atoms with Gasteiger partial charge in [0, 0.05) is 25.0 Å². The van der Waals surface area contributed by atoms with Crippen molar-refractivity contribution in [1.29, 1.82) is 0 Å². The van der Waals surface area contributed by atoms with Crippen LogP contribution in [0.15, 0.2) is 16.3 Å². The van der Waals surface area contributed by atoms with Crippen LogP contribution in [0.25, 0.3) is 0 Å². The lowest BCUT2D eigenvalue weighted by Crippen LogP contribution is -2.34. The van der Waals surface area contributed by atoms with Gasteiger partial charge in [0.25, 0.3) is 0 Å². The molecule has 1 aromatic heterocycles. The van der Waals surface area contributed by atoms with E-state index in [4.69, 9.17) is 5.11 Å². The number of carbonyl (C=O) groups is 1. The molecule has 0 unspecified atom stereocenters. The van der Waals surface area contributed by atoms with Crippen LogP contribution in [0.5, 0.6) is 0 Å². The molecule has 2 heterocycles. The van der Waals surface area contributed by atoms with E-state index >= 15 is 0 Å². The zero-order chi connectivity index (χ0) is 13.2. The van der Waals surface area contributed by atoms with Crippen molar-refractivity contribution in [3.63, 3.8) is 0 Å². The van der Waals surface area contributed by atoms with Crippen molar-refractivity contribution in [3.05, 3.63) is 16.3 Å². The third-order valence-electron chi connectivity index (χ3n) is 2.72. The summed E-state index contributed by atoms with van der Waals surface area (Å²) in [6.45, 7) is 2.30. The van der Waals surface area contributed by atoms with Gasteiger partial charge in [-0.3, -0.25) is 0 Å². The topological polar surface area (TPSA) is 86.7 Å². The molecule has 1 aliphatic heterocycles. The molecule has 0 amide bonds. The Labute approximate surface area is 109 Å². The lowest BCUT2D eigenvalue weighted by molar-refractivity contribution is 0.0702. The minimum atomic E-state index is -3.56. The predicted molar refractivity (Wildman–Crippen MR) is 67.5 cm³/mol. The van der Waals surface area contributed by atoms with Crippen molar-refractivity contribution in [3.8, 4) is 0 Å². The maximum absolute atomic E-state index is 12.3. The lowest BCUT2D eigenvalue weighted by Gasteiger charge is -2.18. The molecule has 1 aliphatic rings. The van der Waals surface area contributed by atoms with E-state index in [1.165, 1.54) is 15.8 Å². The van der Waals surface area contributed by atoms with Crippen LogP contribution in [0.4, 0.5) is 0 Å². The monoisotopic (exact) mass is 290 g/mol. The summed E-state index contributed by atoms with van der Waals surface area (Å²) in [6, 6.07) is 1.22. The molecule has 0 spiro atoms. The van der Waals surface area contributed by atoms with E-state index in [-0.39, 0.29) is 9.77 Å². The summed E-state index contributed by atoms with van der Waals surface area (Å²) < 4.78 is 26.0. The van der Waals surface area contributed by atoms with Gasteiger partial charge in [-0.2, -0.15) is 4.31 Å². The van der Waals surface area contributed by atoms with Crippen LogP contribution in [0, 0.1) is 0 Å². The fourth-order valence-electron chi connectivity index (χ4n) is 1.78. The molecule has 0 saturated carbocycles. The first kappa shape index (κ1) is 13.5. The van der Waals surface area contributed by atoms with E-state index in [0.717, 1.165) is 24.3 Å². The Balaban J connectivity index is 2.25. The number of sulfonamides is 1. The van der Waals surface area contributed by atoms with E-state index in [9.17, 15) is 13.2 Å². The summed E-state index contributed by atoms with van der Waals surface area (Å²) in [7, 11) is -3.56. The van der Waals surface area contributed by atoms with Crippen LogP contribution >= 0.6 is 11.3 Å². The quantitative estimate of drug-likeness (QED) is 0.843. The molecule has 0 bridgehead atoms. The number of aromatic carboxylic acids is 1. The van der Waals surface area contributed by atoms with E-state index in [1.54, 1.807) is 0 Å². The molecule has 0 radical (unpaired) electrons. The van der Waals surface area contributed by atoms with Crippen molar-refractivity contribution in [2.75, 3.05) is 26.2 Å². The Morgan fingerprint density at radius 1 is 1.39 bits per heavy atom. The smallest absolute Gasteiger partial charge is 0.345 e. The maximum Gasteiger partial charge on any atom is 0.345 e. The first-order valence-electron chi connectivity index (χ1n) is 5.54.